The van der Waals surface area contributed by atoms with Crippen molar-refractivity contribution in [3.8, 4) is 0 Å². The molecule has 3 heteroatoms. The predicted octanol–water partition coefficient (Wildman–Crippen LogP) is 2.78. The van der Waals surface area contributed by atoms with Gasteiger partial charge in [0.05, 0.1) is 6.10 Å². The zero-order valence-corrected chi connectivity index (χ0v) is 10.2. The summed E-state index contributed by atoms with van der Waals surface area (Å²) < 4.78 is 13.6. The SMILES string of the molecule is C[C@@H](N[C@@H]1CCCC[C@H]1O)c1ccccc1F. The summed E-state index contributed by atoms with van der Waals surface area (Å²) in [5.74, 6) is -0.183. The molecule has 0 saturated heterocycles. The van der Waals surface area contributed by atoms with Crippen LogP contribution in [-0.2, 0) is 0 Å². The van der Waals surface area contributed by atoms with Gasteiger partial charge in [0.2, 0.25) is 0 Å². The van der Waals surface area contributed by atoms with Crippen LogP contribution in [-0.4, -0.2) is 17.3 Å². The van der Waals surface area contributed by atoms with E-state index in [2.05, 4.69) is 5.32 Å². The fraction of sp³-hybridized carbons (Fsp3) is 0.571. The highest BCUT2D eigenvalue weighted by Gasteiger charge is 2.24. The molecule has 17 heavy (non-hydrogen) atoms. The van der Waals surface area contributed by atoms with Crippen molar-refractivity contribution < 1.29 is 9.50 Å². The lowest BCUT2D eigenvalue weighted by molar-refractivity contribution is 0.0857. The Balaban J connectivity index is 2.01. The topological polar surface area (TPSA) is 32.3 Å². The molecule has 2 nitrogen and oxygen atoms in total. The normalized spacial score (nSPS) is 26.8. The Hall–Kier alpha value is -0.930. The van der Waals surface area contributed by atoms with Crippen LogP contribution < -0.4 is 5.32 Å². The van der Waals surface area contributed by atoms with Crippen molar-refractivity contribution in [2.75, 3.05) is 0 Å². The van der Waals surface area contributed by atoms with Crippen molar-refractivity contribution in [1.82, 2.24) is 5.32 Å². The van der Waals surface area contributed by atoms with Crippen molar-refractivity contribution in [2.45, 2.75) is 50.8 Å². The molecule has 0 aliphatic heterocycles. The second kappa shape index (κ2) is 5.61. The molecule has 0 bridgehead atoms. The van der Waals surface area contributed by atoms with Crippen molar-refractivity contribution in [3.05, 3.63) is 35.6 Å². The smallest absolute Gasteiger partial charge is 0.127 e. The first kappa shape index (κ1) is 12.5. The molecule has 0 unspecified atom stereocenters. The van der Waals surface area contributed by atoms with Crippen LogP contribution in [0.4, 0.5) is 4.39 Å². The number of nitrogens with one attached hydrogen (secondary N) is 1. The minimum absolute atomic E-state index is 0.0612. The molecule has 1 saturated carbocycles. The van der Waals surface area contributed by atoms with E-state index in [1.807, 2.05) is 13.0 Å². The Labute approximate surface area is 102 Å². The molecular weight excluding hydrogens is 217 g/mol. The van der Waals surface area contributed by atoms with E-state index in [1.165, 1.54) is 6.07 Å². The minimum atomic E-state index is -0.294. The lowest BCUT2D eigenvalue weighted by atomic mass is 9.91. The number of aliphatic hydroxyl groups is 1. The highest BCUT2D eigenvalue weighted by molar-refractivity contribution is 5.20. The van der Waals surface area contributed by atoms with Crippen LogP contribution in [0.25, 0.3) is 0 Å². The van der Waals surface area contributed by atoms with Gasteiger partial charge in [-0.15, -0.1) is 0 Å². The molecule has 0 heterocycles. The summed E-state index contributed by atoms with van der Waals surface area (Å²) in [6.07, 6.45) is 3.76. The van der Waals surface area contributed by atoms with Gasteiger partial charge >= 0.3 is 0 Å². The van der Waals surface area contributed by atoms with E-state index in [9.17, 15) is 9.50 Å². The lowest BCUT2D eigenvalue weighted by Gasteiger charge is -2.31. The molecule has 94 valence electrons. The number of benzene rings is 1. The first-order valence-electron chi connectivity index (χ1n) is 6.37. The molecule has 1 aliphatic rings. The summed E-state index contributed by atoms with van der Waals surface area (Å²) in [4.78, 5) is 0. The number of hydrogen-bond donors (Lipinski definition) is 2. The predicted molar refractivity (Wildman–Crippen MR) is 66.2 cm³/mol. The maximum atomic E-state index is 13.6. The van der Waals surface area contributed by atoms with Crippen LogP contribution in [0.5, 0.6) is 0 Å². The molecule has 1 aromatic carbocycles. The van der Waals surface area contributed by atoms with E-state index in [-0.39, 0.29) is 24.0 Å². The molecular formula is C14H20FNO. The van der Waals surface area contributed by atoms with Gasteiger partial charge in [-0.2, -0.15) is 0 Å². The van der Waals surface area contributed by atoms with E-state index >= 15 is 0 Å². The molecule has 0 spiro atoms. The van der Waals surface area contributed by atoms with Gasteiger partial charge in [0, 0.05) is 17.6 Å². The van der Waals surface area contributed by atoms with Crippen LogP contribution >= 0.6 is 0 Å². The van der Waals surface area contributed by atoms with Crippen molar-refractivity contribution in [2.24, 2.45) is 0 Å². The molecule has 0 amide bonds. The standard InChI is InChI=1S/C14H20FNO/c1-10(11-6-2-3-7-12(11)15)16-13-8-4-5-9-14(13)17/h2-3,6-7,10,13-14,16-17H,4-5,8-9H2,1H3/t10-,13-,14-/m1/s1. The fourth-order valence-electron chi connectivity index (χ4n) is 2.54. The number of aliphatic hydroxyl groups excluding tert-OH is 1. The number of halogens is 1. The maximum Gasteiger partial charge on any atom is 0.127 e. The zero-order chi connectivity index (χ0) is 12.3. The Morgan fingerprint density at radius 1 is 1.29 bits per heavy atom. The molecule has 1 aromatic rings. The van der Waals surface area contributed by atoms with Gasteiger partial charge in [0.1, 0.15) is 5.82 Å². The van der Waals surface area contributed by atoms with Gasteiger partial charge in [0.15, 0.2) is 0 Å². The first-order chi connectivity index (χ1) is 8.18. The third-order valence-electron chi connectivity index (χ3n) is 3.57. The van der Waals surface area contributed by atoms with Crippen LogP contribution in [0.15, 0.2) is 24.3 Å². The minimum Gasteiger partial charge on any atom is -0.392 e. The zero-order valence-electron chi connectivity index (χ0n) is 10.2. The van der Waals surface area contributed by atoms with E-state index in [1.54, 1.807) is 12.1 Å². The van der Waals surface area contributed by atoms with E-state index in [4.69, 9.17) is 0 Å². The summed E-state index contributed by atoms with van der Waals surface area (Å²) in [5.41, 5.74) is 0.672. The summed E-state index contributed by atoms with van der Waals surface area (Å²) in [6.45, 7) is 1.94. The van der Waals surface area contributed by atoms with Crippen molar-refractivity contribution in [3.63, 3.8) is 0 Å². The van der Waals surface area contributed by atoms with Gasteiger partial charge < -0.3 is 10.4 Å². The molecule has 2 rings (SSSR count). The number of rotatable bonds is 3. The molecule has 0 radical (unpaired) electrons. The average Bonchev–Trinajstić information content (AvgIpc) is 2.32. The average molecular weight is 237 g/mol. The summed E-state index contributed by atoms with van der Waals surface area (Å²) in [6, 6.07) is 6.84. The van der Waals surface area contributed by atoms with Gasteiger partial charge in [-0.3, -0.25) is 0 Å². The van der Waals surface area contributed by atoms with E-state index in [0.29, 0.717) is 5.56 Å². The molecule has 1 fully saturated rings. The quantitative estimate of drug-likeness (QED) is 0.847. The largest absolute Gasteiger partial charge is 0.392 e. The van der Waals surface area contributed by atoms with Crippen molar-refractivity contribution >= 4 is 0 Å². The van der Waals surface area contributed by atoms with Crippen LogP contribution in [0.2, 0.25) is 0 Å². The molecule has 1 aliphatic carbocycles. The Morgan fingerprint density at radius 2 is 2.00 bits per heavy atom. The Morgan fingerprint density at radius 3 is 2.71 bits per heavy atom. The Kier molecular flexibility index (Phi) is 4.13. The Bertz CT molecular complexity index is 369. The summed E-state index contributed by atoms with van der Waals surface area (Å²) in [5, 5.41) is 13.2. The number of hydrogen-bond acceptors (Lipinski definition) is 2. The fourth-order valence-corrected chi connectivity index (χ4v) is 2.54. The third-order valence-corrected chi connectivity index (χ3v) is 3.57. The van der Waals surface area contributed by atoms with Crippen molar-refractivity contribution in [1.29, 1.82) is 0 Å². The van der Waals surface area contributed by atoms with E-state index < -0.39 is 0 Å². The first-order valence-corrected chi connectivity index (χ1v) is 6.37. The summed E-state index contributed by atoms with van der Waals surface area (Å²) in [7, 11) is 0. The maximum absolute atomic E-state index is 13.6. The van der Waals surface area contributed by atoms with Crippen LogP contribution in [0.1, 0.15) is 44.2 Å². The highest BCUT2D eigenvalue weighted by Crippen LogP contribution is 2.23. The molecule has 3 atom stereocenters. The van der Waals surface area contributed by atoms with Crippen LogP contribution in [0, 0.1) is 5.82 Å². The lowest BCUT2D eigenvalue weighted by Crippen LogP contribution is -2.43. The third kappa shape index (κ3) is 3.05. The van der Waals surface area contributed by atoms with Gasteiger partial charge in [-0.1, -0.05) is 31.0 Å². The monoisotopic (exact) mass is 237 g/mol. The molecule has 0 aromatic heterocycles. The second-order valence-corrected chi connectivity index (χ2v) is 4.87. The molecule has 2 N–H and O–H groups in total. The highest BCUT2D eigenvalue weighted by atomic mass is 19.1. The van der Waals surface area contributed by atoms with Gasteiger partial charge in [-0.25, -0.2) is 4.39 Å². The van der Waals surface area contributed by atoms with Gasteiger partial charge in [-0.05, 0) is 25.8 Å². The van der Waals surface area contributed by atoms with Gasteiger partial charge in [0.25, 0.3) is 0 Å². The second-order valence-electron chi connectivity index (χ2n) is 4.87. The van der Waals surface area contributed by atoms with Crippen LogP contribution in [0.3, 0.4) is 0 Å². The summed E-state index contributed by atoms with van der Waals surface area (Å²) >= 11 is 0. The van der Waals surface area contributed by atoms with E-state index in [0.717, 1.165) is 25.7 Å².